The largest absolute Gasteiger partial charge is 0.492 e. The first kappa shape index (κ1) is 19.4. The van der Waals surface area contributed by atoms with Gasteiger partial charge in [0.05, 0.1) is 18.5 Å². The van der Waals surface area contributed by atoms with Crippen molar-refractivity contribution in [1.29, 1.82) is 0 Å². The maximum absolute atomic E-state index is 12.6. The van der Waals surface area contributed by atoms with Crippen LogP contribution in [0.2, 0.25) is 5.02 Å². The van der Waals surface area contributed by atoms with Gasteiger partial charge in [0, 0.05) is 37.7 Å². The van der Waals surface area contributed by atoms with Gasteiger partial charge in [0.25, 0.3) is 0 Å². The molecule has 2 amide bonds. The Morgan fingerprint density at radius 1 is 0.893 bits per heavy atom. The minimum Gasteiger partial charge on any atom is -0.492 e. The molecule has 2 saturated heterocycles. The smallest absolute Gasteiger partial charge is 0.234 e. The monoisotopic (exact) mass is 403 g/mol. The third kappa shape index (κ3) is 4.24. The first-order valence-electron chi connectivity index (χ1n) is 9.95. The Morgan fingerprint density at radius 3 is 2.07 bits per heavy atom. The van der Waals surface area contributed by atoms with Crippen molar-refractivity contribution in [2.75, 3.05) is 46.0 Å². The minimum atomic E-state index is -0.135. The Hall–Kier alpha value is -1.89. The number of ether oxygens (including phenoxy) is 1. The van der Waals surface area contributed by atoms with Gasteiger partial charge in [-0.05, 0) is 37.1 Å². The van der Waals surface area contributed by atoms with Gasteiger partial charge < -0.3 is 4.74 Å². The number of likely N-dealkylation sites (tertiary alicyclic amines) is 1. The van der Waals surface area contributed by atoms with Crippen molar-refractivity contribution in [2.24, 2.45) is 11.8 Å². The Morgan fingerprint density at radius 2 is 1.46 bits per heavy atom. The molecule has 1 aliphatic carbocycles. The maximum Gasteiger partial charge on any atom is 0.234 e. The average molecular weight is 404 g/mol. The molecule has 0 spiro atoms. The van der Waals surface area contributed by atoms with Gasteiger partial charge in [0.15, 0.2) is 0 Å². The van der Waals surface area contributed by atoms with E-state index in [-0.39, 0.29) is 23.7 Å². The van der Waals surface area contributed by atoms with Gasteiger partial charge in [-0.3, -0.25) is 24.3 Å². The zero-order chi connectivity index (χ0) is 19.5. The summed E-state index contributed by atoms with van der Waals surface area (Å²) in [4.78, 5) is 31.2. The Labute approximate surface area is 170 Å². The lowest BCUT2D eigenvalue weighted by Gasteiger charge is -2.36. The van der Waals surface area contributed by atoms with Gasteiger partial charge in [0.2, 0.25) is 11.8 Å². The number of hydrogen-bond acceptors (Lipinski definition) is 5. The summed E-state index contributed by atoms with van der Waals surface area (Å²) in [5, 5.41) is 0.703. The number of allylic oxidation sites excluding steroid dienone is 2. The van der Waals surface area contributed by atoms with Gasteiger partial charge in [-0.15, -0.1) is 0 Å². The van der Waals surface area contributed by atoms with E-state index in [2.05, 4.69) is 9.80 Å². The van der Waals surface area contributed by atoms with E-state index in [0.29, 0.717) is 31.1 Å². The lowest BCUT2D eigenvalue weighted by molar-refractivity contribution is -0.142. The van der Waals surface area contributed by atoms with Crippen molar-refractivity contribution in [2.45, 2.75) is 12.8 Å². The summed E-state index contributed by atoms with van der Waals surface area (Å²) >= 11 is 5.88. The normalized spacial score (nSPS) is 26.0. The van der Waals surface area contributed by atoms with Crippen molar-refractivity contribution < 1.29 is 14.3 Å². The first-order chi connectivity index (χ1) is 13.6. The van der Waals surface area contributed by atoms with E-state index < -0.39 is 0 Å². The van der Waals surface area contributed by atoms with Crippen LogP contribution in [0.3, 0.4) is 0 Å². The zero-order valence-corrected chi connectivity index (χ0v) is 16.7. The van der Waals surface area contributed by atoms with Crippen molar-refractivity contribution in [3.05, 3.63) is 41.4 Å². The third-order valence-corrected chi connectivity index (χ3v) is 6.15. The predicted molar refractivity (Wildman–Crippen MR) is 107 cm³/mol. The van der Waals surface area contributed by atoms with E-state index in [1.807, 2.05) is 36.4 Å². The molecule has 2 fully saturated rings. The standard InChI is InChI=1S/C21H26ClN3O3/c22-16-5-7-17(8-6-16)28-14-13-23-9-11-24(12-10-23)15-25-20(26)18-3-1-2-4-19(18)21(25)27/h1-2,5-8,18-19H,3-4,9-15H2/t18-,19-/m0/s1. The molecular weight excluding hydrogens is 378 g/mol. The molecule has 1 aromatic carbocycles. The fourth-order valence-electron chi connectivity index (χ4n) is 4.19. The molecule has 0 unspecified atom stereocenters. The summed E-state index contributed by atoms with van der Waals surface area (Å²) in [6, 6.07) is 7.39. The maximum atomic E-state index is 12.6. The van der Waals surface area contributed by atoms with Crippen LogP contribution in [0.15, 0.2) is 36.4 Å². The van der Waals surface area contributed by atoms with Crippen molar-refractivity contribution in [3.8, 4) is 5.75 Å². The molecule has 3 aliphatic rings. The van der Waals surface area contributed by atoms with Crippen LogP contribution in [0.5, 0.6) is 5.75 Å². The molecule has 7 heteroatoms. The van der Waals surface area contributed by atoms with E-state index >= 15 is 0 Å². The van der Waals surface area contributed by atoms with Crippen molar-refractivity contribution >= 4 is 23.4 Å². The van der Waals surface area contributed by atoms with E-state index in [0.717, 1.165) is 38.5 Å². The van der Waals surface area contributed by atoms with Gasteiger partial charge >= 0.3 is 0 Å². The second-order valence-corrected chi connectivity index (χ2v) is 8.10. The van der Waals surface area contributed by atoms with Crippen LogP contribution in [-0.2, 0) is 9.59 Å². The number of benzene rings is 1. The van der Waals surface area contributed by atoms with E-state index in [4.69, 9.17) is 16.3 Å². The molecule has 0 aromatic heterocycles. The highest BCUT2D eigenvalue weighted by atomic mass is 35.5. The Balaban J connectivity index is 1.20. The Bertz CT molecular complexity index is 718. The molecule has 28 heavy (non-hydrogen) atoms. The van der Waals surface area contributed by atoms with Crippen LogP contribution in [0.1, 0.15) is 12.8 Å². The van der Waals surface area contributed by atoms with Gasteiger partial charge in [-0.25, -0.2) is 0 Å². The number of carbonyl (C=O) groups excluding carboxylic acids is 2. The number of rotatable bonds is 6. The molecule has 0 N–H and O–H groups in total. The first-order valence-corrected chi connectivity index (χ1v) is 10.3. The van der Waals surface area contributed by atoms with E-state index in [9.17, 15) is 9.59 Å². The van der Waals surface area contributed by atoms with Crippen LogP contribution in [-0.4, -0.2) is 72.5 Å². The van der Waals surface area contributed by atoms with Crippen molar-refractivity contribution in [3.63, 3.8) is 0 Å². The number of carbonyl (C=O) groups is 2. The van der Waals surface area contributed by atoms with Gasteiger partial charge in [0.1, 0.15) is 12.4 Å². The molecular formula is C21H26ClN3O3. The van der Waals surface area contributed by atoms with Gasteiger partial charge in [-0.1, -0.05) is 23.8 Å². The fraction of sp³-hybridized carbons (Fsp3) is 0.524. The van der Waals surface area contributed by atoms with Crippen LogP contribution in [0.4, 0.5) is 0 Å². The molecule has 0 saturated carbocycles. The summed E-state index contributed by atoms with van der Waals surface area (Å²) < 4.78 is 5.76. The predicted octanol–water partition coefficient (Wildman–Crippen LogP) is 2.25. The van der Waals surface area contributed by atoms with Gasteiger partial charge in [-0.2, -0.15) is 0 Å². The highest BCUT2D eigenvalue weighted by molar-refractivity contribution is 6.30. The highest BCUT2D eigenvalue weighted by Crippen LogP contribution is 2.35. The van der Waals surface area contributed by atoms with E-state index in [1.165, 1.54) is 4.90 Å². The summed E-state index contributed by atoms with van der Waals surface area (Å²) in [6.45, 7) is 5.44. The van der Waals surface area contributed by atoms with Crippen LogP contribution in [0, 0.1) is 11.8 Å². The summed E-state index contributed by atoms with van der Waals surface area (Å²) in [7, 11) is 0. The van der Waals surface area contributed by atoms with Crippen LogP contribution >= 0.6 is 11.6 Å². The third-order valence-electron chi connectivity index (χ3n) is 5.90. The van der Waals surface area contributed by atoms with Crippen molar-refractivity contribution in [1.82, 2.24) is 14.7 Å². The second-order valence-electron chi connectivity index (χ2n) is 7.66. The molecule has 4 rings (SSSR count). The molecule has 150 valence electrons. The zero-order valence-electron chi connectivity index (χ0n) is 15.9. The summed E-state index contributed by atoms with van der Waals surface area (Å²) in [6.07, 6.45) is 5.46. The fourth-order valence-corrected chi connectivity index (χ4v) is 4.31. The molecule has 2 aliphatic heterocycles. The average Bonchev–Trinajstić information content (AvgIpc) is 2.96. The SMILES string of the molecule is O=C1[C@H]2CC=CC[C@@H]2C(=O)N1CN1CCN(CCOc2ccc(Cl)cc2)CC1. The Kier molecular flexibility index (Phi) is 5.99. The molecule has 6 nitrogen and oxygen atoms in total. The lowest BCUT2D eigenvalue weighted by atomic mass is 9.85. The van der Waals surface area contributed by atoms with Crippen LogP contribution in [0.25, 0.3) is 0 Å². The number of piperazine rings is 1. The summed E-state index contributed by atoms with van der Waals surface area (Å²) in [5.41, 5.74) is 0. The number of hydrogen-bond donors (Lipinski definition) is 0. The van der Waals surface area contributed by atoms with Crippen LogP contribution < -0.4 is 4.74 Å². The highest BCUT2D eigenvalue weighted by Gasteiger charge is 2.47. The summed E-state index contributed by atoms with van der Waals surface area (Å²) in [5.74, 6) is 0.578. The number of halogens is 1. The molecule has 2 atom stereocenters. The molecule has 0 bridgehead atoms. The quantitative estimate of drug-likeness (QED) is 0.538. The molecule has 2 heterocycles. The topological polar surface area (TPSA) is 53.1 Å². The minimum absolute atomic E-state index is 0.0122. The molecule has 1 aromatic rings. The second kappa shape index (κ2) is 8.64. The number of amides is 2. The van der Waals surface area contributed by atoms with E-state index in [1.54, 1.807) is 0 Å². The number of nitrogens with zero attached hydrogens (tertiary/aromatic N) is 3. The molecule has 0 radical (unpaired) electrons. The number of imide groups is 1. The lowest BCUT2D eigenvalue weighted by Crippen LogP contribution is -2.51. The number of fused-ring (bicyclic) bond motifs is 1.